The predicted octanol–water partition coefficient (Wildman–Crippen LogP) is 2.98. The number of methoxy groups -OCH3 is 1. The third-order valence-electron chi connectivity index (χ3n) is 3.14. The van der Waals surface area contributed by atoms with Crippen LogP contribution in [0.5, 0.6) is 5.75 Å². The summed E-state index contributed by atoms with van der Waals surface area (Å²) in [6.07, 6.45) is 5.09. The second kappa shape index (κ2) is 5.71. The summed E-state index contributed by atoms with van der Waals surface area (Å²) in [4.78, 5) is 10.8. The first kappa shape index (κ1) is 12.7. The molecule has 1 aliphatic rings. The van der Waals surface area contributed by atoms with Crippen LogP contribution >= 0.6 is 0 Å². The maximum absolute atomic E-state index is 10.8. The molecule has 0 aromatic heterocycles. The molecule has 0 saturated heterocycles. The number of fused-ring (bicyclic) bond motifs is 1. The van der Waals surface area contributed by atoms with E-state index in [0.717, 1.165) is 25.0 Å². The summed E-state index contributed by atoms with van der Waals surface area (Å²) in [6.45, 7) is 1.89. The van der Waals surface area contributed by atoms with Crippen molar-refractivity contribution < 1.29 is 14.3 Å². The number of allylic oxidation sites excluding steroid dienone is 1. The van der Waals surface area contributed by atoms with E-state index in [-0.39, 0.29) is 5.97 Å². The Kier molecular flexibility index (Phi) is 4.03. The molecule has 18 heavy (non-hydrogen) atoms. The molecule has 3 heteroatoms. The minimum absolute atomic E-state index is 0.221. The first-order chi connectivity index (χ1) is 8.70. The van der Waals surface area contributed by atoms with Crippen molar-refractivity contribution in [3.8, 4) is 5.75 Å². The molecule has 1 aliphatic carbocycles. The van der Waals surface area contributed by atoms with Crippen LogP contribution in [0.15, 0.2) is 24.3 Å². The zero-order valence-corrected chi connectivity index (χ0v) is 10.9. The molecule has 0 bridgehead atoms. The summed E-state index contributed by atoms with van der Waals surface area (Å²) in [7, 11) is 1.68. The number of hydrogen-bond donors (Lipinski definition) is 0. The van der Waals surface area contributed by atoms with Gasteiger partial charge in [-0.3, -0.25) is 4.79 Å². The van der Waals surface area contributed by atoms with Crippen molar-refractivity contribution in [2.45, 2.75) is 26.2 Å². The number of benzene rings is 1. The van der Waals surface area contributed by atoms with Crippen LogP contribution in [-0.4, -0.2) is 19.7 Å². The van der Waals surface area contributed by atoms with Gasteiger partial charge >= 0.3 is 5.97 Å². The van der Waals surface area contributed by atoms with E-state index in [2.05, 4.69) is 18.2 Å². The minimum atomic E-state index is -0.221. The lowest BCUT2D eigenvalue weighted by molar-refractivity contribution is -0.140. The molecule has 1 aromatic rings. The third-order valence-corrected chi connectivity index (χ3v) is 3.14. The quantitative estimate of drug-likeness (QED) is 0.766. The molecule has 0 aliphatic heterocycles. The number of ether oxygens (including phenoxy) is 2. The van der Waals surface area contributed by atoms with E-state index in [0.29, 0.717) is 6.61 Å². The van der Waals surface area contributed by atoms with Crippen molar-refractivity contribution in [3.05, 3.63) is 35.4 Å². The minimum Gasteiger partial charge on any atom is -0.497 e. The number of esters is 1. The Hall–Kier alpha value is -1.77. The maximum Gasteiger partial charge on any atom is 0.302 e. The van der Waals surface area contributed by atoms with Gasteiger partial charge in [-0.1, -0.05) is 12.1 Å². The highest BCUT2D eigenvalue weighted by Crippen LogP contribution is 2.31. The van der Waals surface area contributed by atoms with E-state index >= 15 is 0 Å². The SMILES string of the molecule is COc1ccc2c(c1)CCC=C2CCOC(C)=O. The Morgan fingerprint density at radius 2 is 2.22 bits per heavy atom. The Balaban J connectivity index is 2.10. The largest absolute Gasteiger partial charge is 0.497 e. The molecule has 0 atom stereocenters. The Morgan fingerprint density at radius 3 is 2.94 bits per heavy atom. The molecular formula is C15H18O3. The monoisotopic (exact) mass is 246 g/mol. The highest BCUT2D eigenvalue weighted by Gasteiger charge is 2.13. The fourth-order valence-electron chi connectivity index (χ4n) is 2.27. The van der Waals surface area contributed by atoms with Gasteiger partial charge in [0.25, 0.3) is 0 Å². The Morgan fingerprint density at radius 1 is 1.39 bits per heavy atom. The zero-order chi connectivity index (χ0) is 13.0. The average Bonchev–Trinajstić information content (AvgIpc) is 2.38. The molecule has 0 heterocycles. The maximum atomic E-state index is 10.8. The van der Waals surface area contributed by atoms with Crippen LogP contribution in [0, 0.1) is 0 Å². The van der Waals surface area contributed by atoms with E-state index in [1.165, 1.54) is 23.6 Å². The molecule has 0 N–H and O–H groups in total. The van der Waals surface area contributed by atoms with Gasteiger partial charge in [0.15, 0.2) is 0 Å². The fraction of sp³-hybridized carbons (Fsp3) is 0.400. The van der Waals surface area contributed by atoms with E-state index in [9.17, 15) is 4.79 Å². The second-order valence-corrected chi connectivity index (χ2v) is 4.38. The highest BCUT2D eigenvalue weighted by molar-refractivity contribution is 5.71. The van der Waals surface area contributed by atoms with Crippen LogP contribution in [0.25, 0.3) is 5.57 Å². The fourth-order valence-corrected chi connectivity index (χ4v) is 2.27. The van der Waals surface area contributed by atoms with Crippen molar-refractivity contribution in [1.29, 1.82) is 0 Å². The molecule has 2 rings (SSSR count). The smallest absolute Gasteiger partial charge is 0.302 e. The Bertz CT molecular complexity index is 475. The standard InChI is InChI=1S/C15H18O3/c1-11(16)18-9-8-12-4-3-5-13-10-14(17-2)6-7-15(12)13/h4,6-7,10H,3,5,8-9H2,1-2H3. The summed E-state index contributed by atoms with van der Waals surface area (Å²) in [5.41, 5.74) is 3.84. The van der Waals surface area contributed by atoms with Crippen molar-refractivity contribution in [2.24, 2.45) is 0 Å². The van der Waals surface area contributed by atoms with Crippen LogP contribution in [0.3, 0.4) is 0 Å². The number of carbonyl (C=O) groups excluding carboxylic acids is 1. The summed E-state index contributed by atoms with van der Waals surface area (Å²) in [5.74, 6) is 0.677. The topological polar surface area (TPSA) is 35.5 Å². The van der Waals surface area contributed by atoms with Gasteiger partial charge in [0, 0.05) is 13.3 Å². The first-order valence-corrected chi connectivity index (χ1v) is 6.20. The number of hydrogen-bond acceptors (Lipinski definition) is 3. The van der Waals surface area contributed by atoms with Gasteiger partial charge in [-0.2, -0.15) is 0 Å². The molecule has 0 unspecified atom stereocenters. The van der Waals surface area contributed by atoms with Crippen LogP contribution in [-0.2, 0) is 16.0 Å². The van der Waals surface area contributed by atoms with Crippen LogP contribution < -0.4 is 4.74 Å². The van der Waals surface area contributed by atoms with Crippen LogP contribution in [0.1, 0.15) is 30.9 Å². The van der Waals surface area contributed by atoms with Gasteiger partial charge in [0.05, 0.1) is 13.7 Å². The van der Waals surface area contributed by atoms with E-state index < -0.39 is 0 Å². The third kappa shape index (κ3) is 2.92. The molecule has 0 radical (unpaired) electrons. The average molecular weight is 246 g/mol. The van der Waals surface area contributed by atoms with Crippen molar-refractivity contribution in [3.63, 3.8) is 0 Å². The highest BCUT2D eigenvalue weighted by atomic mass is 16.5. The summed E-state index contributed by atoms with van der Waals surface area (Å²) in [5, 5.41) is 0. The first-order valence-electron chi connectivity index (χ1n) is 6.20. The van der Waals surface area contributed by atoms with E-state index in [1.54, 1.807) is 7.11 Å². The lowest BCUT2D eigenvalue weighted by Crippen LogP contribution is -2.05. The number of carbonyl (C=O) groups is 1. The van der Waals surface area contributed by atoms with Crippen LogP contribution in [0.2, 0.25) is 0 Å². The van der Waals surface area contributed by atoms with Crippen molar-refractivity contribution in [1.82, 2.24) is 0 Å². The van der Waals surface area contributed by atoms with Gasteiger partial charge < -0.3 is 9.47 Å². The molecular weight excluding hydrogens is 228 g/mol. The van der Waals surface area contributed by atoms with E-state index in [1.807, 2.05) is 6.07 Å². The van der Waals surface area contributed by atoms with Gasteiger partial charge in [-0.15, -0.1) is 0 Å². The predicted molar refractivity (Wildman–Crippen MR) is 70.5 cm³/mol. The van der Waals surface area contributed by atoms with E-state index in [4.69, 9.17) is 9.47 Å². The normalized spacial score (nSPS) is 13.6. The van der Waals surface area contributed by atoms with Gasteiger partial charge in [0.2, 0.25) is 0 Å². The second-order valence-electron chi connectivity index (χ2n) is 4.38. The molecule has 96 valence electrons. The van der Waals surface area contributed by atoms with Crippen LogP contribution in [0.4, 0.5) is 0 Å². The Labute approximate surface area is 107 Å². The van der Waals surface area contributed by atoms with Gasteiger partial charge in [-0.25, -0.2) is 0 Å². The summed E-state index contributed by atoms with van der Waals surface area (Å²) < 4.78 is 10.2. The van der Waals surface area contributed by atoms with Crippen molar-refractivity contribution in [2.75, 3.05) is 13.7 Å². The molecule has 0 spiro atoms. The molecule has 3 nitrogen and oxygen atoms in total. The van der Waals surface area contributed by atoms with Gasteiger partial charge in [-0.05, 0) is 41.7 Å². The molecule has 0 fully saturated rings. The number of rotatable bonds is 4. The number of aryl methyl sites for hydroxylation is 1. The molecule has 0 amide bonds. The zero-order valence-electron chi connectivity index (χ0n) is 10.9. The summed E-state index contributed by atoms with van der Waals surface area (Å²) in [6, 6.07) is 6.16. The van der Waals surface area contributed by atoms with Gasteiger partial charge in [0.1, 0.15) is 5.75 Å². The lowest BCUT2D eigenvalue weighted by Gasteiger charge is -2.18. The van der Waals surface area contributed by atoms with Crippen molar-refractivity contribution >= 4 is 11.5 Å². The molecule has 1 aromatic carbocycles. The lowest BCUT2D eigenvalue weighted by atomic mass is 9.89. The molecule has 0 saturated carbocycles. The summed E-state index contributed by atoms with van der Waals surface area (Å²) >= 11 is 0.